The Labute approximate surface area is 108 Å². The van der Waals surface area contributed by atoms with Gasteiger partial charge in [0.25, 0.3) is 0 Å². The minimum Gasteiger partial charge on any atom is -0.327 e. The Morgan fingerprint density at radius 1 is 1.50 bits per heavy atom. The van der Waals surface area contributed by atoms with Crippen LogP contribution in [0.4, 0.5) is 5.82 Å². The zero-order valence-corrected chi connectivity index (χ0v) is 11.3. The molecule has 2 rings (SSSR count). The molecule has 0 aliphatic heterocycles. The predicted octanol–water partition coefficient (Wildman–Crippen LogP) is 1.77. The molecule has 0 spiro atoms. The number of amides is 1. The van der Waals surface area contributed by atoms with Gasteiger partial charge < -0.3 is 11.1 Å². The van der Waals surface area contributed by atoms with Gasteiger partial charge in [-0.2, -0.15) is 5.10 Å². The third-order valence-electron chi connectivity index (χ3n) is 3.54. The zero-order chi connectivity index (χ0) is 13.3. The van der Waals surface area contributed by atoms with E-state index in [2.05, 4.69) is 36.3 Å². The first-order chi connectivity index (χ1) is 8.38. The van der Waals surface area contributed by atoms with Crippen LogP contribution in [0, 0.1) is 5.92 Å². The van der Waals surface area contributed by atoms with E-state index in [4.69, 9.17) is 5.73 Å². The summed E-state index contributed by atoms with van der Waals surface area (Å²) in [7, 11) is 0. The maximum atomic E-state index is 12.0. The number of aromatic nitrogens is 2. The van der Waals surface area contributed by atoms with E-state index in [0.29, 0.717) is 5.82 Å². The summed E-state index contributed by atoms with van der Waals surface area (Å²) in [6.45, 7) is 6.29. The van der Waals surface area contributed by atoms with Crippen molar-refractivity contribution < 1.29 is 4.79 Å². The smallest absolute Gasteiger partial charge is 0.230 e. The second kappa shape index (κ2) is 4.72. The number of hydrogen-bond donors (Lipinski definition) is 3. The lowest BCUT2D eigenvalue weighted by Gasteiger charge is -2.15. The van der Waals surface area contributed by atoms with Crippen LogP contribution in [0.1, 0.15) is 45.7 Å². The molecule has 2 unspecified atom stereocenters. The molecule has 0 radical (unpaired) electrons. The summed E-state index contributed by atoms with van der Waals surface area (Å²) in [5.41, 5.74) is 6.93. The van der Waals surface area contributed by atoms with E-state index in [1.807, 2.05) is 6.07 Å². The molecule has 0 aromatic carbocycles. The summed E-state index contributed by atoms with van der Waals surface area (Å²) in [6.07, 6.45) is 2.85. The second-order valence-corrected chi connectivity index (χ2v) is 6.11. The normalized spacial score (nSPS) is 24.2. The number of nitrogens with one attached hydrogen (secondary N) is 2. The van der Waals surface area contributed by atoms with Gasteiger partial charge in [0.05, 0.1) is 5.92 Å². The Kier molecular flexibility index (Phi) is 3.43. The van der Waals surface area contributed by atoms with Gasteiger partial charge in [0.2, 0.25) is 5.91 Å². The lowest BCUT2D eigenvalue weighted by atomic mass is 9.92. The second-order valence-electron chi connectivity index (χ2n) is 6.11. The first-order valence-corrected chi connectivity index (χ1v) is 6.50. The molecular weight excluding hydrogens is 228 g/mol. The summed E-state index contributed by atoms with van der Waals surface area (Å²) in [4.78, 5) is 12.0. The summed E-state index contributed by atoms with van der Waals surface area (Å²) < 4.78 is 0. The van der Waals surface area contributed by atoms with Gasteiger partial charge in [0.1, 0.15) is 0 Å². The van der Waals surface area contributed by atoms with Gasteiger partial charge in [-0.3, -0.25) is 9.89 Å². The van der Waals surface area contributed by atoms with E-state index in [1.165, 1.54) is 0 Å². The van der Waals surface area contributed by atoms with Gasteiger partial charge in [0, 0.05) is 23.2 Å². The number of anilines is 1. The molecule has 18 heavy (non-hydrogen) atoms. The molecule has 0 saturated heterocycles. The van der Waals surface area contributed by atoms with Crippen LogP contribution in [0.2, 0.25) is 0 Å². The average Bonchev–Trinajstić information content (AvgIpc) is 2.85. The Hall–Kier alpha value is -1.36. The van der Waals surface area contributed by atoms with Crippen molar-refractivity contribution in [2.75, 3.05) is 5.32 Å². The molecule has 4 N–H and O–H groups in total. The molecule has 1 aromatic rings. The van der Waals surface area contributed by atoms with Crippen molar-refractivity contribution in [2.24, 2.45) is 11.7 Å². The van der Waals surface area contributed by atoms with Crippen LogP contribution < -0.4 is 11.1 Å². The number of aromatic amines is 1. The van der Waals surface area contributed by atoms with E-state index in [9.17, 15) is 4.79 Å². The van der Waals surface area contributed by atoms with E-state index < -0.39 is 0 Å². The number of carbonyl (C=O) groups excluding carboxylic acids is 1. The van der Waals surface area contributed by atoms with Gasteiger partial charge in [-0.15, -0.1) is 0 Å². The summed E-state index contributed by atoms with van der Waals surface area (Å²) in [5, 5.41) is 9.92. The molecule has 1 aliphatic carbocycles. The highest BCUT2D eigenvalue weighted by Crippen LogP contribution is 2.26. The Balaban J connectivity index is 2.01. The van der Waals surface area contributed by atoms with E-state index in [1.54, 1.807) is 0 Å². The molecule has 1 heterocycles. The van der Waals surface area contributed by atoms with E-state index in [0.717, 1.165) is 25.0 Å². The number of rotatable bonds is 2. The Bertz CT molecular complexity index is 432. The van der Waals surface area contributed by atoms with Crippen LogP contribution in [0.25, 0.3) is 0 Å². The van der Waals surface area contributed by atoms with Crippen LogP contribution in [-0.4, -0.2) is 22.1 Å². The number of nitrogens with zero attached hydrogens (tertiary/aromatic N) is 1. The van der Waals surface area contributed by atoms with E-state index in [-0.39, 0.29) is 23.3 Å². The number of nitrogens with two attached hydrogens (primary N) is 1. The molecule has 1 aliphatic rings. The van der Waals surface area contributed by atoms with Gasteiger partial charge in [-0.25, -0.2) is 0 Å². The number of carbonyl (C=O) groups is 1. The van der Waals surface area contributed by atoms with Crippen molar-refractivity contribution in [3.05, 3.63) is 11.8 Å². The standard InChI is InChI=1S/C13H22N4O/c1-13(2,3)10-7-11(17-16-10)15-12(18)8-5-4-6-9(8)14/h7-9H,4-6,14H2,1-3H3,(H2,15,16,17,18). The highest BCUT2D eigenvalue weighted by atomic mass is 16.2. The van der Waals surface area contributed by atoms with E-state index >= 15 is 0 Å². The maximum Gasteiger partial charge on any atom is 0.230 e. The molecule has 1 aromatic heterocycles. The first kappa shape index (κ1) is 13.1. The third-order valence-corrected chi connectivity index (χ3v) is 3.54. The predicted molar refractivity (Wildman–Crippen MR) is 71.2 cm³/mol. The maximum absolute atomic E-state index is 12.0. The monoisotopic (exact) mass is 250 g/mol. The zero-order valence-electron chi connectivity index (χ0n) is 11.3. The number of hydrogen-bond acceptors (Lipinski definition) is 3. The largest absolute Gasteiger partial charge is 0.327 e. The van der Waals surface area contributed by atoms with Crippen molar-refractivity contribution in [2.45, 2.75) is 51.5 Å². The van der Waals surface area contributed by atoms with Gasteiger partial charge >= 0.3 is 0 Å². The van der Waals surface area contributed by atoms with Crippen LogP contribution in [-0.2, 0) is 10.2 Å². The minimum atomic E-state index is -0.0696. The third kappa shape index (κ3) is 2.72. The quantitative estimate of drug-likeness (QED) is 0.748. The highest BCUT2D eigenvalue weighted by Gasteiger charge is 2.30. The average molecular weight is 250 g/mol. The molecule has 1 amide bonds. The lowest BCUT2D eigenvalue weighted by Crippen LogP contribution is -2.34. The Morgan fingerprint density at radius 2 is 2.22 bits per heavy atom. The number of H-pyrrole nitrogens is 1. The SMILES string of the molecule is CC(C)(C)c1cc(NC(=O)C2CCCC2N)n[nH]1. The highest BCUT2D eigenvalue weighted by molar-refractivity contribution is 5.92. The lowest BCUT2D eigenvalue weighted by molar-refractivity contribution is -0.120. The van der Waals surface area contributed by atoms with Gasteiger partial charge in [-0.1, -0.05) is 27.2 Å². The van der Waals surface area contributed by atoms with Crippen molar-refractivity contribution in [3.8, 4) is 0 Å². The molecule has 100 valence electrons. The molecule has 0 bridgehead atoms. The fourth-order valence-electron chi connectivity index (χ4n) is 2.30. The van der Waals surface area contributed by atoms with Crippen molar-refractivity contribution in [1.29, 1.82) is 0 Å². The summed E-state index contributed by atoms with van der Waals surface area (Å²) >= 11 is 0. The van der Waals surface area contributed by atoms with Crippen LogP contribution in [0.3, 0.4) is 0 Å². The molecule has 1 fully saturated rings. The van der Waals surface area contributed by atoms with Crippen molar-refractivity contribution >= 4 is 11.7 Å². The minimum absolute atomic E-state index is 0.000259. The summed E-state index contributed by atoms with van der Waals surface area (Å²) in [5.74, 6) is 0.510. The van der Waals surface area contributed by atoms with Crippen LogP contribution >= 0.6 is 0 Å². The van der Waals surface area contributed by atoms with Crippen LogP contribution in [0.5, 0.6) is 0 Å². The summed E-state index contributed by atoms with van der Waals surface area (Å²) in [6, 6.07) is 1.88. The van der Waals surface area contributed by atoms with Gasteiger partial charge in [-0.05, 0) is 12.8 Å². The molecule has 1 saturated carbocycles. The van der Waals surface area contributed by atoms with Crippen LogP contribution in [0.15, 0.2) is 6.07 Å². The van der Waals surface area contributed by atoms with Crippen molar-refractivity contribution in [1.82, 2.24) is 10.2 Å². The fourth-order valence-corrected chi connectivity index (χ4v) is 2.30. The molecule has 5 heteroatoms. The van der Waals surface area contributed by atoms with Gasteiger partial charge in [0.15, 0.2) is 5.82 Å². The molecule has 2 atom stereocenters. The molecule has 5 nitrogen and oxygen atoms in total. The first-order valence-electron chi connectivity index (χ1n) is 6.50. The molecular formula is C13H22N4O. The topological polar surface area (TPSA) is 83.8 Å². The Morgan fingerprint density at radius 3 is 2.72 bits per heavy atom. The fraction of sp³-hybridized carbons (Fsp3) is 0.692. The van der Waals surface area contributed by atoms with Crippen molar-refractivity contribution in [3.63, 3.8) is 0 Å².